The van der Waals surface area contributed by atoms with Gasteiger partial charge < -0.3 is 0 Å². The minimum Gasteiger partial charge on any atom is -0.277 e. The monoisotopic (exact) mass is 264 g/mol. The smallest absolute Gasteiger partial charge is 0.277 e. The first-order valence-electron chi connectivity index (χ1n) is 6.17. The standard InChI is InChI=1S/C12H16N4O3/c1-3-9-10(17)14-12(19)16(11(9)18)7-5-8-4-6-13-15(8)2/h4,6,9H,3,5,7H2,1-2H3,(H,14,17,19). The summed E-state index contributed by atoms with van der Waals surface area (Å²) in [7, 11) is 1.80. The largest absolute Gasteiger partial charge is 0.330 e. The Morgan fingerprint density at radius 3 is 2.68 bits per heavy atom. The molecule has 1 N–H and O–H groups in total. The lowest BCUT2D eigenvalue weighted by Gasteiger charge is -2.29. The number of barbiturate groups is 1. The van der Waals surface area contributed by atoms with Gasteiger partial charge in [-0.05, 0) is 12.5 Å². The van der Waals surface area contributed by atoms with E-state index in [0.717, 1.165) is 10.6 Å². The SMILES string of the molecule is CCC1C(=O)NC(=O)N(CCc2ccnn2C)C1=O. The fourth-order valence-corrected chi connectivity index (χ4v) is 2.10. The molecule has 0 aliphatic carbocycles. The highest BCUT2D eigenvalue weighted by Crippen LogP contribution is 2.14. The number of rotatable bonds is 4. The average molecular weight is 264 g/mol. The van der Waals surface area contributed by atoms with E-state index in [2.05, 4.69) is 10.4 Å². The lowest BCUT2D eigenvalue weighted by atomic mass is 10.0. The van der Waals surface area contributed by atoms with E-state index in [1.54, 1.807) is 24.9 Å². The normalized spacial score (nSPS) is 19.8. The molecule has 4 amide bonds. The Kier molecular flexibility index (Phi) is 3.64. The van der Waals surface area contributed by atoms with Crippen molar-refractivity contribution in [1.82, 2.24) is 20.0 Å². The van der Waals surface area contributed by atoms with E-state index in [1.807, 2.05) is 6.07 Å². The first kappa shape index (κ1) is 13.3. The summed E-state index contributed by atoms with van der Waals surface area (Å²) >= 11 is 0. The van der Waals surface area contributed by atoms with Gasteiger partial charge >= 0.3 is 6.03 Å². The maximum absolute atomic E-state index is 12.0. The van der Waals surface area contributed by atoms with Crippen LogP contribution < -0.4 is 5.32 Å². The van der Waals surface area contributed by atoms with Crippen molar-refractivity contribution < 1.29 is 14.4 Å². The summed E-state index contributed by atoms with van der Waals surface area (Å²) < 4.78 is 1.69. The molecule has 7 heteroatoms. The highest BCUT2D eigenvalue weighted by Gasteiger charge is 2.38. The number of hydrogen-bond acceptors (Lipinski definition) is 4. The second-order valence-electron chi connectivity index (χ2n) is 4.44. The Balaban J connectivity index is 2.06. The lowest BCUT2D eigenvalue weighted by Crippen LogP contribution is -2.58. The molecule has 1 aromatic rings. The van der Waals surface area contributed by atoms with Crippen molar-refractivity contribution in [3.05, 3.63) is 18.0 Å². The van der Waals surface area contributed by atoms with Gasteiger partial charge in [0.1, 0.15) is 5.92 Å². The van der Waals surface area contributed by atoms with Crippen LogP contribution >= 0.6 is 0 Å². The van der Waals surface area contributed by atoms with Crippen LogP contribution in [0.15, 0.2) is 12.3 Å². The molecule has 1 aliphatic rings. The molecule has 1 fully saturated rings. The van der Waals surface area contributed by atoms with E-state index >= 15 is 0 Å². The van der Waals surface area contributed by atoms with E-state index < -0.39 is 23.8 Å². The molecular weight excluding hydrogens is 248 g/mol. The van der Waals surface area contributed by atoms with Crippen molar-refractivity contribution in [2.24, 2.45) is 13.0 Å². The van der Waals surface area contributed by atoms with E-state index in [9.17, 15) is 14.4 Å². The van der Waals surface area contributed by atoms with Crippen molar-refractivity contribution in [3.63, 3.8) is 0 Å². The number of amides is 4. The number of nitrogens with zero attached hydrogens (tertiary/aromatic N) is 3. The van der Waals surface area contributed by atoms with Gasteiger partial charge in [0.25, 0.3) is 0 Å². The molecule has 0 bridgehead atoms. The number of carbonyl (C=O) groups is 3. The molecular formula is C12H16N4O3. The topological polar surface area (TPSA) is 84.3 Å². The zero-order valence-electron chi connectivity index (χ0n) is 10.9. The molecule has 1 saturated heterocycles. The number of aryl methyl sites for hydroxylation is 1. The Morgan fingerprint density at radius 1 is 1.37 bits per heavy atom. The second kappa shape index (κ2) is 5.21. The van der Waals surface area contributed by atoms with Gasteiger partial charge in [-0.2, -0.15) is 5.10 Å². The summed E-state index contributed by atoms with van der Waals surface area (Å²) in [5, 5.41) is 6.23. The quantitative estimate of drug-likeness (QED) is 0.780. The van der Waals surface area contributed by atoms with E-state index in [4.69, 9.17) is 0 Å². The predicted octanol–water partition coefficient (Wildman–Crippen LogP) is 0.0672. The van der Waals surface area contributed by atoms with E-state index in [-0.39, 0.29) is 6.54 Å². The Labute approximate surface area is 110 Å². The van der Waals surface area contributed by atoms with Gasteiger partial charge in [0.2, 0.25) is 11.8 Å². The van der Waals surface area contributed by atoms with Crippen LogP contribution in [0.3, 0.4) is 0 Å². The van der Waals surface area contributed by atoms with Crippen LogP contribution in [0.4, 0.5) is 4.79 Å². The van der Waals surface area contributed by atoms with Gasteiger partial charge in [0.05, 0.1) is 0 Å². The third-order valence-corrected chi connectivity index (χ3v) is 3.28. The maximum atomic E-state index is 12.0. The third kappa shape index (κ3) is 2.49. The molecule has 1 aromatic heterocycles. The molecule has 0 radical (unpaired) electrons. The highest BCUT2D eigenvalue weighted by molar-refractivity contribution is 6.16. The van der Waals surface area contributed by atoms with Crippen LogP contribution in [-0.4, -0.2) is 39.1 Å². The van der Waals surface area contributed by atoms with Gasteiger partial charge in [-0.25, -0.2) is 4.79 Å². The van der Waals surface area contributed by atoms with Gasteiger partial charge in [0, 0.05) is 31.9 Å². The average Bonchev–Trinajstić information content (AvgIpc) is 2.75. The molecule has 19 heavy (non-hydrogen) atoms. The summed E-state index contributed by atoms with van der Waals surface area (Å²) in [4.78, 5) is 36.3. The summed E-state index contributed by atoms with van der Waals surface area (Å²) in [6.45, 7) is 1.99. The molecule has 2 heterocycles. The minimum absolute atomic E-state index is 0.244. The second-order valence-corrected chi connectivity index (χ2v) is 4.44. The van der Waals surface area contributed by atoms with Gasteiger partial charge in [-0.1, -0.05) is 6.92 Å². The van der Waals surface area contributed by atoms with Crippen molar-refractivity contribution in [3.8, 4) is 0 Å². The number of carbonyl (C=O) groups excluding carboxylic acids is 3. The minimum atomic E-state index is -0.760. The van der Waals surface area contributed by atoms with Crippen LogP contribution in [0.1, 0.15) is 19.0 Å². The molecule has 7 nitrogen and oxygen atoms in total. The van der Waals surface area contributed by atoms with E-state index in [0.29, 0.717) is 12.8 Å². The van der Waals surface area contributed by atoms with Crippen molar-refractivity contribution in [1.29, 1.82) is 0 Å². The fourth-order valence-electron chi connectivity index (χ4n) is 2.10. The van der Waals surface area contributed by atoms with Gasteiger partial charge in [0.15, 0.2) is 0 Å². The van der Waals surface area contributed by atoms with Crippen LogP contribution in [0.2, 0.25) is 0 Å². The van der Waals surface area contributed by atoms with Gasteiger partial charge in [-0.15, -0.1) is 0 Å². The van der Waals surface area contributed by atoms with Crippen molar-refractivity contribution in [2.75, 3.05) is 6.54 Å². The Hall–Kier alpha value is -2.18. The lowest BCUT2D eigenvalue weighted by molar-refractivity contribution is -0.142. The number of urea groups is 1. The fraction of sp³-hybridized carbons (Fsp3) is 0.500. The molecule has 102 valence electrons. The summed E-state index contributed by atoms with van der Waals surface area (Å²) in [5.41, 5.74) is 0.922. The molecule has 0 saturated carbocycles. The van der Waals surface area contributed by atoms with Crippen molar-refractivity contribution >= 4 is 17.8 Å². The molecule has 1 atom stereocenters. The zero-order chi connectivity index (χ0) is 14.0. The number of aromatic nitrogens is 2. The Bertz CT molecular complexity index is 523. The summed E-state index contributed by atoms with van der Waals surface area (Å²) in [5.74, 6) is -1.68. The molecule has 0 aromatic carbocycles. The molecule has 0 spiro atoms. The van der Waals surface area contributed by atoms with E-state index in [1.165, 1.54) is 0 Å². The van der Waals surface area contributed by atoms with Crippen LogP contribution in [-0.2, 0) is 23.1 Å². The predicted molar refractivity (Wildman–Crippen MR) is 65.9 cm³/mol. The molecule has 1 aliphatic heterocycles. The maximum Gasteiger partial charge on any atom is 0.330 e. The molecule has 1 unspecified atom stereocenters. The van der Waals surface area contributed by atoms with Crippen molar-refractivity contribution in [2.45, 2.75) is 19.8 Å². The number of nitrogens with one attached hydrogen (secondary N) is 1. The van der Waals surface area contributed by atoms with Gasteiger partial charge in [-0.3, -0.25) is 24.5 Å². The van der Waals surface area contributed by atoms with Crippen LogP contribution in [0.5, 0.6) is 0 Å². The molecule has 2 rings (SSSR count). The highest BCUT2D eigenvalue weighted by atomic mass is 16.2. The first-order chi connectivity index (χ1) is 9.04. The first-order valence-corrected chi connectivity index (χ1v) is 6.17. The third-order valence-electron chi connectivity index (χ3n) is 3.28. The Morgan fingerprint density at radius 2 is 2.11 bits per heavy atom. The van der Waals surface area contributed by atoms with Crippen LogP contribution in [0, 0.1) is 5.92 Å². The van der Waals surface area contributed by atoms with Crippen LogP contribution in [0.25, 0.3) is 0 Å². The number of hydrogen-bond donors (Lipinski definition) is 1. The summed E-state index contributed by atoms with van der Waals surface area (Å²) in [6, 6.07) is 1.19. The number of imide groups is 2. The summed E-state index contributed by atoms with van der Waals surface area (Å²) in [6.07, 6.45) is 2.56. The zero-order valence-corrected chi connectivity index (χ0v) is 10.9.